The molecule has 4 N–H and O–H groups in total. The normalized spacial score (nSPS) is 23.4. The molecule has 0 aliphatic carbocycles. The molecule has 0 radical (unpaired) electrons. The van der Waals surface area contributed by atoms with Crippen molar-refractivity contribution < 1.29 is 14.3 Å². The molecule has 1 saturated heterocycles. The van der Waals surface area contributed by atoms with Crippen LogP contribution in [-0.4, -0.2) is 43.7 Å². The lowest BCUT2D eigenvalue weighted by atomic mass is 9.99. The van der Waals surface area contributed by atoms with E-state index in [2.05, 4.69) is 10.6 Å². The van der Waals surface area contributed by atoms with Crippen molar-refractivity contribution in [2.24, 2.45) is 5.73 Å². The van der Waals surface area contributed by atoms with Crippen LogP contribution in [0.25, 0.3) is 0 Å². The highest BCUT2D eigenvalue weighted by Gasteiger charge is 2.37. The van der Waals surface area contributed by atoms with Crippen molar-refractivity contribution in [3.05, 3.63) is 0 Å². The van der Waals surface area contributed by atoms with Gasteiger partial charge in [0.2, 0.25) is 11.8 Å². The van der Waals surface area contributed by atoms with Crippen molar-refractivity contribution >= 4 is 11.8 Å². The molecule has 6 heteroatoms. The van der Waals surface area contributed by atoms with Crippen LogP contribution in [0, 0.1) is 0 Å². The number of carbonyl (C=O) groups is 2. The standard InChI is InChI=1S/C11H21N3O3/c1-2-5-13-9(15)3-6-14-10(16)11(12)4-7-17-8-11/h2-8,12H2,1H3,(H,13,15)(H,14,16). The molecule has 6 nitrogen and oxygen atoms in total. The van der Waals surface area contributed by atoms with E-state index in [4.69, 9.17) is 10.5 Å². The molecule has 2 amide bonds. The molecule has 0 bridgehead atoms. The van der Waals surface area contributed by atoms with Gasteiger partial charge in [0.1, 0.15) is 5.54 Å². The van der Waals surface area contributed by atoms with Gasteiger partial charge in [-0.1, -0.05) is 6.92 Å². The molecule has 98 valence electrons. The van der Waals surface area contributed by atoms with Crippen LogP contribution in [0.5, 0.6) is 0 Å². The molecule has 1 rings (SSSR count). The highest BCUT2D eigenvalue weighted by atomic mass is 16.5. The minimum Gasteiger partial charge on any atom is -0.379 e. The van der Waals surface area contributed by atoms with Gasteiger partial charge in [0.25, 0.3) is 0 Å². The van der Waals surface area contributed by atoms with Gasteiger partial charge in [0, 0.05) is 26.1 Å². The molecular weight excluding hydrogens is 222 g/mol. The Balaban J connectivity index is 2.18. The quantitative estimate of drug-likeness (QED) is 0.565. The number of hydrogen-bond donors (Lipinski definition) is 3. The zero-order chi connectivity index (χ0) is 12.7. The Bertz CT molecular complexity index is 275. The molecule has 1 aliphatic heterocycles. The van der Waals surface area contributed by atoms with Gasteiger partial charge in [-0.3, -0.25) is 9.59 Å². The summed E-state index contributed by atoms with van der Waals surface area (Å²) in [5.74, 6) is -0.292. The second-order valence-corrected chi connectivity index (χ2v) is 4.31. The van der Waals surface area contributed by atoms with Gasteiger partial charge >= 0.3 is 0 Å². The zero-order valence-corrected chi connectivity index (χ0v) is 10.3. The second-order valence-electron chi connectivity index (χ2n) is 4.31. The van der Waals surface area contributed by atoms with E-state index < -0.39 is 5.54 Å². The zero-order valence-electron chi connectivity index (χ0n) is 10.3. The number of amides is 2. The third-order valence-corrected chi connectivity index (χ3v) is 2.71. The Morgan fingerprint density at radius 2 is 2.12 bits per heavy atom. The molecule has 0 saturated carbocycles. The Morgan fingerprint density at radius 3 is 2.71 bits per heavy atom. The molecular formula is C11H21N3O3. The van der Waals surface area contributed by atoms with Gasteiger partial charge in [0.15, 0.2) is 0 Å². The number of hydrogen-bond acceptors (Lipinski definition) is 4. The van der Waals surface area contributed by atoms with Gasteiger partial charge < -0.3 is 21.1 Å². The van der Waals surface area contributed by atoms with Crippen LogP contribution in [0.4, 0.5) is 0 Å². The Hall–Kier alpha value is -1.14. The van der Waals surface area contributed by atoms with Crippen LogP contribution in [-0.2, 0) is 14.3 Å². The van der Waals surface area contributed by atoms with Crippen molar-refractivity contribution in [3.63, 3.8) is 0 Å². The predicted molar refractivity (Wildman–Crippen MR) is 63.3 cm³/mol. The van der Waals surface area contributed by atoms with Crippen LogP contribution >= 0.6 is 0 Å². The monoisotopic (exact) mass is 243 g/mol. The summed E-state index contributed by atoms with van der Waals surface area (Å²) in [7, 11) is 0. The summed E-state index contributed by atoms with van der Waals surface area (Å²) in [4.78, 5) is 23.0. The largest absolute Gasteiger partial charge is 0.379 e. The fourth-order valence-corrected chi connectivity index (χ4v) is 1.58. The maximum atomic E-state index is 11.7. The maximum Gasteiger partial charge on any atom is 0.242 e. The molecule has 1 fully saturated rings. The second kappa shape index (κ2) is 6.56. The first kappa shape index (κ1) is 13.9. The molecule has 1 unspecified atom stereocenters. The maximum absolute atomic E-state index is 11.7. The number of nitrogens with one attached hydrogen (secondary N) is 2. The average Bonchev–Trinajstić information content (AvgIpc) is 2.74. The SMILES string of the molecule is CCCNC(=O)CCNC(=O)C1(N)CCOC1. The van der Waals surface area contributed by atoms with Crippen molar-refractivity contribution in [2.75, 3.05) is 26.3 Å². The topological polar surface area (TPSA) is 93.5 Å². The minimum atomic E-state index is -0.917. The summed E-state index contributed by atoms with van der Waals surface area (Å²) >= 11 is 0. The van der Waals surface area contributed by atoms with Crippen molar-refractivity contribution in [3.8, 4) is 0 Å². The fourth-order valence-electron chi connectivity index (χ4n) is 1.58. The van der Waals surface area contributed by atoms with Crippen LogP contribution in [0.2, 0.25) is 0 Å². The molecule has 0 aromatic heterocycles. The molecule has 0 aromatic rings. The molecule has 0 spiro atoms. The van der Waals surface area contributed by atoms with E-state index in [1.807, 2.05) is 6.92 Å². The van der Waals surface area contributed by atoms with E-state index in [0.29, 0.717) is 26.1 Å². The van der Waals surface area contributed by atoms with Crippen LogP contribution in [0.1, 0.15) is 26.2 Å². The third kappa shape index (κ3) is 4.32. The first-order valence-electron chi connectivity index (χ1n) is 6.00. The van der Waals surface area contributed by atoms with Crippen molar-refractivity contribution in [1.82, 2.24) is 10.6 Å². The van der Waals surface area contributed by atoms with E-state index in [1.54, 1.807) is 0 Å². The van der Waals surface area contributed by atoms with E-state index in [9.17, 15) is 9.59 Å². The summed E-state index contributed by atoms with van der Waals surface area (Å²) in [6.07, 6.45) is 1.71. The Labute approximate surface area is 101 Å². The van der Waals surface area contributed by atoms with Crippen LogP contribution in [0.3, 0.4) is 0 Å². The number of carbonyl (C=O) groups excluding carboxylic acids is 2. The molecule has 1 heterocycles. The molecule has 0 aromatic carbocycles. The van der Waals surface area contributed by atoms with E-state index in [-0.39, 0.29) is 24.8 Å². The van der Waals surface area contributed by atoms with Crippen LogP contribution < -0.4 is 16.4 Å². The van der Waals surface area contributed by atoms with Crippen molar-refractivity contribution in [1.29, 1.82) is 0 Å². The smallest absolute Gasteiger partial charge is 0.242 e. The number of nitrogens with two attached hydrogens (primary N) is 1. The average molecular weight is 243 g/mol. The minimum absolute atomic E-state index is 0.0547. The number of ether oxygens (including phenoxy) is 1. The molecule has 17 heavy (non-hydrogen) atoms. The van der Waals surface area contributed by atoms with Gasteiger partial charge in [-0.25, -0.2) is 0 Å². The summed E-state index contributed by atoms with van der Waals surface area (Å²) in [5, 5.41) is 5.41. The number of rotatable bonds is 6. The summed E-state index contributed by atoms with van der Waals surface area (Å²) in [6.45, 7) is 3.73. The summed E-state index contributed by atoms with van der Waals surface area (Å²) in [5.41, 5.74) is 4.95. The highest BCUT2D eigenvalue weighted by molar-refractivity contribution is 5.87. The van der Waals surface area contributed by atoms with E-state index >= 15 is 0 Å². The van der Waals surface area contributed by atoms with Gasteiger partial charge in [-0.2, -0.15) is 0 Å². The van der Waals surface area contributed by atoms with E-state index in [1.165, 1.54) is 0 Å². The fraction of sp³-hybridized carbons (Fsp3) is 0.818. The predicted octanol–water partition coefficient (Wildman–Crippen LogP) is -0.863. The Kier molecular flexibility index (Phi) is 5.37. The first-order valence-corrected chi connectivity index (χ1v) is 6.00. The van der Waals surface area contributed by atoms with Crippen molar-refractivity contribution in [2.45, 2.75) is 31.7 Å². The van der Waals surface area contributed by atoms with Gasteiger partial charge in [-0.05, 0) is 12.8 Å². The summed E-state index contributed by atoms with van der Waals surface area (Å²) in [6, 6.07) is 0. The first-order chi connectivity index (χ1) is 8.08. The lowest BCUT2D eigenvalue weighted by molar-refractivity contribution is -0.126. The summed E-state index contributed by atoms with van der Waals surface area (Å²) < 4.78 is 5.10. The lowest BCUT2D eigenvalue weighted by Gasteiger charge is -2.20. The van der Waals surface area contributed by atoms with Gasteiger partial charge in [0.05, 0.1) is 6.61 Å². The molecule has 1 atom stereocenters. The highest BCUT2D eigenvalue weighted by Crippen LogP contribution is 2.15. The van der Waals surface area contributed by atoms with Crippen LogP contribution in [0.15, 0.2) is 0 Å². The molecule has 1 aliphatic rings. The third-order valence-electron chi connectivity index (χ3n) is 2.71. The lowest BCUT2D eigenvalue weighted by Crippen LogP contribution is -2.54. The Morgan fingerprint density at radius 1 is 1.35 bits per heavy atom. The van der Waals surface area contributed by atoms with Gasteiger partial charge in [-0.15, -0.1) is 0 Å². The van der Waals surface area contributed by atoms with E-state index in [0.717, 1.165) is 6.42 Å².